The van der Waals surface area contributed by atoms with Crippen LogP contribution in [-0.4, -0.2) is 29.6 Å². The zero-order chi connectivity index (χ0) is 18.2. The summed E-state index contributed by atoms with van der Waals surface area (Å²) in [5.41, 5.74) is 2.93. The lowest BCUT2D eigenvalue weighted by Crippen LogP contribution is -2.49. The van der Waals surface area contributed by atoms with E-state index in [2.05, 4.69) is 31.4 Å². The minimum atomic E-state index is -0.909. The smallest absolute Gasteiger partial charge is 0.305 e. The lowest BCUT2D eigenvalue weighted by Gasteiger charge is -2.50. The third-order valence-electron chi connectivity index (χ3n) is 5.98. The van der Waals surface area contributed by atoms with E-state index in [9.17, 15) is 9.59 Å². The monoisotopic (exact) mass is 344 g/mol. The number of fused-ring (bicyclic) bond motifs is 2. The second kappa shape index (κ2) is 6.70. The van der Waals surface area contributed by atoms with E-state index in [0.717, 1.165) is 11.6 Å². The van der Waals surface area contributed by atoms with Crippen LogP contribution in [0.1, 0.15) is 62.4 Å². The van der Waals surface area contributed by atoms with Crippen molar-refractivity contribution in [3.8, 4) is 0 Å². The van der Waals surface area contributed by atoms with Crippen LogP contribution in [0.25, 0.3) is 0 Å². The molecule has 1 aromatic carbocycles. The highest BCUT2D eigenvalue weighted by Crippen LogP contribution is 2.49. The molecule has 1 amide bonds. The van der Waals surface area contributed by atoms with Crippen LogP contribution in [0.2, 0.25) is 0 Å². The summed E-state index contributed by atoms with van der Waals surface area (Å²) in [6, 6.07) is 6.30. The first kappa shape index (κ1) is 17.8. The number of carbonyl (C=O) groups excluding carboxylic acids is 1. The van der Waals surface area contributed by atoms with Gasteiger partial charge < -0.3 is 15.7 Å². The number of aliphatic carboxylic acids is 1. The summed E-state index contributed by atoms with van der Waals surface area (Å²) in [5, 5.41) is 15.1. The highest BCUT2D eigenvalue weighted by Gasteiger charge is 2.44. The van der Waals surface area contributed by atoms with Gasteiger partial charge >= 0.3 is 5.97 Å². The average molecular weight is 344 g/mol. The molecule has 3 rings (SSSR count). The number of rotatable bonds is 4. The van der Waals surface area contributed by atoms with E-state index >= 15 is 0 Å². The molecule has 1 saturated carbocycles. The van der Waals surface area contributed by atoms with Gasteiger partial charge in [0.25, 0.3) is 5.91 Å². The first-order chi connectivity index (χ1) is 11.8. The fraction of sp³-hybridized carbons (Fsp3) is 0.600. The fourth-order valence-corrected chi connectivity index (χ4v) is 4.53. The van der Waals surface area contributed by atoms with Crippen molar-refractivity contribution in [3.05, 3.63) is 29.3 Å². The zero-order valence-corrected chi connectivity index (χ0v) is 15.3. The van der Waals surface area contributed by atoms with Crippen LogP contribution in [0.15, 0.2) is 18.2 Å². The number of benzene rings is 1. The van der Waals surface area contributed by atoms with E-state index in [4.69, 9.17) is 5.11 Å². The van der Waals surface area contributed by atoms with Crippen LogP contribution in [0.5, 0.6) is 0 Å². The summed E-state index contributed by atoms with van der Waals surface area (Å²) in [5.74, 6) is 0.208. The Morgan fingerprint density at radius 1 is 1.32 bits per heavy atom. The predicted octanol–water partition coefficient (Wildman–Crippen LogP) is 3.40. The minimum absolute atomic E-state index is 0.0166. The van der Waals surface area contributed by atoms with E-state index < -0.39 is 5.97 Å². The zero-order valence-electron chi connectivity index (χ0n) is 15.3. The SMILES string of the molecule is C[C@H]1CC[C@@H]2[C@H](C1)Nc1ccc(C(=O)NCCC(=O)O)cc1C2(C)C. The molecule has 1 heterocycles. The van der Waals surface area contributed by atoms with E-state index in [1.807, 2.05) is 18.2 Å². The number of nitrogens with one attached hydrogen (secondary N) is 2. The Bertz CT molecular complexity index is 684. The molecule has 3 atom stereocenters. The van der Waals surface area contributed by atoms with Gasteiger partial charge in [0.1, 0.15) is 0 Å². The molecular weight excluding hydrogens is 316 g/mol. The number of hydrogen-bond acceptors (Lipinski definition) is 3. The van der Waals surface area contributed by atoms with Crippen molar-refractivity contribution in [2.45, 2.75) is 57.9 Å². The van der Waals surface area contributed by atoms with E-state index in [-0.39, 0.29) is 24.3 Å². The molecule has 0 aromatic heterocycles. The van der Waals surface area contributed by atoms with Crippen molar-refractivity contribution < 1.29 is 14.7 Å². The van der Waals surface area contributed by atoms with Gasteiger partial charge in [0.05, 0.1) is 6.42 Å². The van der Waals surface area contributed by atoms with Gasteiger partial charge in [0, 0.05) is 23.8 Å². The second-order valence-electron chi connectivity index (χ2n) is 8.16. The predicted molar refractivity (Wildman–Crippen MR) is 98.0 cm³/mol. The Labute approximate surface area is 149 Å². The van der Waals surface area contributed by atoms with Gasteiger partial charge in [-0.15, -0.1) is 0 Å². The van der Waals surface area contributed by atoms with E-state index in [1.54, 1.807) is 0 Å². The Hall–Kier alpha value is -2.04. The van der Waals surface area contributed by atoms with Crippen LogP contribution >= 0.6 is 0 Å². The maximum absolute atomic E-state index is 12.3. The Balaban J connectivity index is 1.82. The summed E-state index contributed by atoms with van der Waals surface area (Å²) in [6.07, 6.45) is 3.61. The quantitative estimate of drug-likeness (QED) is 0.782. The normalized spacial score (nSPS) is 26.8. The summed E-state index contributed by atoms with van der Waals surface area (Å²) < 4.78 is 0. The third kappa shape index (κ3) is 3.51. The van der Waals surface area contributed by atoms with Crippen LogP contribution in [0.3, 0.4) is 0 Å². The largest absolute Gasteiger partial charge is 0.481 e. The second-order valence-corrected chi connectivity index (χ2v) is 8.16. The average Bonchev–Trinajstić information content (AvgIpc) is 2.53. The molecule has 1 fully saturated rings. The van der Waals surface area contributed by atoms with Crippen molar-refractivity contribution in [3.63, 3.8) is 0 Å². The molecule has 136 valence electrons. The fourth-order valence-electron chi connectivity index (χ4n) is 4.53. The molecule has 0 bridgehead atoms. The first-order valence-corrected chi connectivity index (χ1v) is 9.20. The van der Waals surface area contributed by atoms with Crippen molar-refractivity contribution >= 4 is 17.6 Å². The molecule has 3 N–H and O–H groups in total. The third-order valence-corrected chi connectivity index (χ3v) is 5.98. The first-order valence-electron chi connectivity index (χ1n) is 9.20. The number of carboxylic acids is 1. The minimum Gasteiger partial charge on any atom is -0.481 e. The van der Waals surface area contributed by atoms with Crippen molar-refractivity contribution in [1.82, 2.24) is 5.32 Å². The van der Waals surface area contributed by atoms with Gasteiger partial charge in [-0.1, -0.05) is 27.2 Å². The van der Waals surface area contributed by atoms with Gasteiger partial charge in [-0.3, -0.25) is 9.59 Å². The number of amides is 1. The Morgan fingerprint density at radius 3 is 2.80 bits per heavy atom. The van der Waals surface area contributed by atoms with Gasteiger partial charge in [0.15, 0.2) is 0 Å². The molecule has 1 aromatic rings. The lowest BCUT2D eigenvalue weighted by atomic mass is 9.61. The summed E-state index contributed by atoms with van der Waals surface area (Å²) in [4.78, 5) is 22.9. The lowest BCUT2D eigenvalue weighted by molar-refractivity contribution is -0.136. The molecule has 1 aliphatic heterocycles. The van der Waals surface area contributed by atoms with Gasteiger partial charge in [0.2, 0.25) is 0 Å². The van der Waals surface area contributed by atoms with Crippen LogP contribution in [0.4, 0.5) is 5.69 Å². The highest BCUT2D eigenvalue weighted by molar-refractivity contribution is 5.95. The number of anilines is 1. The summed E-state index contributed by atoms with van der Waals surface area (Å²) >= 11 is 0. The Morgan fingerprint density at radius 2 is 2.08 bits per heavy atom. The number of hydrogen-bond donors (Lipinski definition) is 3. The van der Waals surface area contributed by atoms with Crippen molar-refractivity contribution in [1.29, 1.82) is 0 Å². The molecule has 1 aliphatic carbocycles. The number of carbonyl (C=O) groups is 2. The van der Waals surface area contributed by atoms with Gasteiger partial charge in [-0.25, -0.2) is 0 Å². The standard InChI is InChI=1S/C20H28N2O3/c1-12-4-6-14-17(10-12)22-16-7-5-13(11-15(16)20(14,2)3)19(25)21-9-8-18(23)24/h5,7,11-12,14,17,22H,4,6,8-10H2,1-3H3,(H,21,25)(H,23,24)/t12-,14+,17-/m0/s1. The van der Waals surface area contributed by atoms with Crippen LogP contribution < -0.4 is 10.6 Å². The summed E-state index contributed by atoms with van der Waals surface area (Å²) in [6.45, 7) is 7.04. The molecule has 2 aliphatic rings. The molecule has 5 heteroatoms. The molecule has 5 nitrogen and oxygen atoms in total. The van der Waals surface area contributed by atoms with Crippen LogP contribution in [-0.2, 0) is 10.2 Å². The maximum Gasteiger partial charge on any atom is 0.305 e. The van der Waals surface area contributed by atoms with E-state index in [1.165, 1.54) is 24.8 Å². The van der Waals surface area contributed by atoms with Crippen molar-refractivity contribution in [2.75, 3.05) is 11.9 Å². The molecule has 0 saturated heterocycles. The van der Waals surface area contributed by atoms with Crippen molar-refractivity contribution in [2.24, 2.45) is 11.8 Å². The van der Waals surface area contributed by atoms with E-state index in [0.29, 0.717) is 17.5 Å². The van der Waals surface area contributed by atoms with Gasteiger partial charge in [-0.2, -0.15) is 0 Å². The molecule has 0 radical (unpaired) electrons. The molecule has 0 unspecified atom stereocenters. The maximum atomic E-state index is 12.3. The van der Waals surface area contributed by atoms with Gasteiger partial charge in [-0.05, 0) is 53.9 Å². The van der Waals surface area contributed by atoms with Crippen LogP contribution in [0, 0.1) is 11.8 Å². The molecular formula is C20H28N2O3. The molecule has 25 heavy (non-hydrogen) atoms. The topological polar surface area (TPSA) is 78.4 Å². The highest BCUT2D eigenvalue weighted by atomic mass is 16.4. The summed E-state index contributed by atoms with van der Waals surface area (Å²) in [7, 11) is 0. The molecule has 0 spiro atoms. The number of carboxylic acid groups (broad SMARTS) is 1. The Kier molecular flexibility index (Phi) is 4.76.